The van der Waals surface area contributed by atoms with Gasteiger partial charge >= 0.3 is 0 Å². The van der Waals surface area contributed by atoms with E-state index in [1.54, 1.807) is 6.20 Å². The fourth-order valence-corrected chi connectivity index (χ4v) is 2.20. The molecule has 1 aromatic heterocycles. The van der Waals surface area contributed by atoms with Crippen molar-refractivity contribution >= 4 is 27.5 Å². The molecule has 3 heteroatoms. The Bertz CT molecular complexity index is 291. The molecule has 0 bridgehead atoms. The Morgan fingerprint density at radius 1 is 1.42 bits per heavy atom. The number of rotatable bonds is 0. The van der Waals surface area contributed by atoms with Gasteiger partial charge in [-0.15, -0.1) is 0 Å². The number of hydrogen-bond acceptors (Lipinski definition) is 1. The van der Waals surface area contributed by atoms with Crippen molar-refractivity contribution in [3.8, 4) is 0 Å². The van der Waals surface area contributed by atoms with Gasteiger partial charge in [0, 0.05) is 16.1 Å². The summed E-state index contributed by atoms with van der Waals surface area (Å²) < 4.78 is 0.975. The van der Waals surface area contributed by atoms with Crippen LogP contribution < -0.4 is 0 Å². The molecule has 0 aliphatic heterocycles. The summed E-state index contributed by atoms with van der Waals surface area (Å²) >= 11 is 9.21. The highest BCUT2D eigenvalue weighted by Crippen LogP contribution is 2.29. The van der Waals surface area contributed by atoms with Gasteiger partial charge < -0.3 is 0 Å². The number of nitrogens with zero attached hydrogens (tertiary/aromatic N) is 1. The van der Waals surface area contributed by atoms with E-state index in [1.807, 2.05) is 6.07 Å². The number of aromatic nitrogens is 1. The van der Waals surface area contributed by atoms with Gasteiger partial charge in [-0.05, 0) is 22.0 Å². The zero-order valence-electron chi connectivity index (χ0n) is 7.36. The summed E-state index contributed by atoms with van der Waals surface area (Å²) in [6.07, 6.45) is 1.67. The van der Waals surface area contributed by atoms with Gasteiger partial charge in [-0.25, -0.2) is 0 Å². The molecular weight excluding hydrogens is 237 g/mol. The molecule has 1 rings (SSSR count). The molecule has 0 aliphatic rings. The van der Waals surface area contributed by atoms with Crippen molar-refractivity contribution < 1.29 is 0 Å². The standard InChI is InChI=1S/C9H11BrClN/c1-9(2,3)8-7(10)4-6(11)5-12-8/h4-5H,1-3H3. The van der Waals surface area contributed by atoms with Crippen LogP contribution in [0.5, 0.6) is 0 Å². The van der Waals surface area contributed by atoms with Crippen LogP contribution in [0.25, 0.3) is 0 Å². The van der Waals surface area contributed by atoms with Gasteiger partial charge in [-0.2, -0.15) is 0 Å². The van der Waals surface area contributed by atoms with Crippen LogP contribution in [0.1, 0.15) is 26.5 Å². The van der Waals surface area contributed by atoms with Crippen LogP contribution in [-0.2, 0) is 5.41 Å². The highest BCUT2D eigenvalue weighted by molar-refractivity contribution is 9.10. The first-order chi connectivity index (χ1) is 5.41. The average Bonchev–Trinajstić information content (AvgIpc) is 1.83. The van der Waals surface area contributed by atoms with Crippen LogP contribution >= 0.6 is 27.5 Å². The second kappa shape index (κ2) is 3.35. The lowest BCUT2D eigenvalue weighted by Crippen LogP contribution is -2.14. The summed E-state index contributed by atoms with van der Waals surface area (Å²) in [4.78, 5) is 4.27. The van der Waals surface area contributed by atoms with E-state index in [-0.39, 0.29) is 5.41 Å². The Morgan fingerprint density at radius 3 is 2.42 bits per heavy atom. The van der Waals surface area contributed by atoms with Crippen LogP contribution in [0.2, 0.25) is 5.02 Å². The van der Waals surface area contributed by atoms with E-state index in [9.17, 15) is 0 Å². The van der Waals surface area contributed by atoms with Crippen molar-refractivity contribution in [2.24, 2.45) is 0 Å². The quantitative estimate of drug-likeness (QED) is 0.681. The molecule has 0 radical (unpaired) electrons. The van der Waals surface area contributed by atoms with Crippen LogP contribution in [-0.4, -0.2) is 4.98 Å². The molecule has 0 saturated heterocycles. The lowest BCUT2D eigenvalue weighted by Gasteiger charge is -2.18. The minimum atomic E-state index is 0.0590. The van der Waals surface area contributed by atoms with Crippen LogP contribution in [0.15, 0.2) is 16.7 Å². The van der Waals surface area contributed by atoms with E-state index in [4.69, 9.17) is 11.6 Å². The first-order valence-electron chi connectivity index (χ1n) is 3.73. The van der Waals surface area contributed by atoms with Crippen molar-refractivity contribution in [1.29, 1.82) is 0 Å². The summed E-state index contributed by atoms with van der Waals surface area (Å²) in [5.41, 5.74) is 1.09. The Labute approximate surface area is 86.3 Å². The van der Waals surface area contributed by atoms with Gasteiger partial charge in [0.15, 0.2) is 0 Å². The summed E-state index contributed by atoms with van der Waals surface area (Å²) in [5, 5.41) is 0.662. The number of halogens is 2. The topological polar surface area (TPSA) is 12.9 Å². The van der Waals surface area contributed by atoms with Crippen LogP contribution in [0, 0.1) is 0 Å². The van der Waals surface area contributed by atoms with Gasteiger partial charge in [-0.1, -0.05) is 32.4 Å². The molecule has 0 N–H and O–H groups in total. The van der Waals surface area contributed by atoms with Gasteiger partial charge in [0.05, 0.1) is 10.7 Å². The lowest BCUT2D eigenvalue weighted by molar-refractivity contribution is 0.565. The van der Waals surface area contributed by atoms with Gasteiger partial charge in [-0.3, -0.25) is 4.98 Å². The molecule has 0 saturated carbocycles. The maximum Gasteiger partial charge on any atom is 0.0600 e. The third kappa shape index (κ3) is 2.20. The van der Waals surface area contributed by atoms with E-state index in [1.165, 1.54) is 0 Å². The molecule has 0 amide bonds. The monoisotopic (exact) mass is 247 g/mol. The fourth-order valence-electron chi connectivity index (χ4n) is 0.966. The third-order valence-electron chi connectivity index (χ3n) is 1.52. The molecule has 0 spiro atoms. The van der Waals surface area contributed by atoms with Crippen molar-refractivity contribution in [1.82, 2.24) is 4.98 Å². The predicted octanol–water partition coefficient (Wildman–Crippen LogP) is 3.80. The molecule has 0 aromatic carbocycles. The van der Waals surface area contributed by atoms with Gasteiger partial charge in [0.1, 0.15) is 0 Å². The molecule has 0 aliphatic carbocycles. The molecule has 12 heavy (non-hydrogen) atoms. The minimum absolute atomic E-state index is 0.0590. The minimum Gasteiger partial charge on any atom is -0.258 e. The first-order valence-corrected chi connectivity index (χ1v) is 4.90. The number of pyridine rings is 1. The van der Waals surface area contributed by atoms with Gasteiger partial charge in [0.25, 0.3) is 0 Å². The normalized spacial score (nSPS) is 11.8. The van der Waals surface area contributed by atoms with E-state index in [0.717, 1.165) is 10.2 Å². The SMILES string of the molecule is CC(C)(C)c1ncc(Cl)cc1Br. The van der Waals surface area contributed by atoms with Crippen molar-refractivity contribution in [3.05, 3.63) is 27.5 Å². The summed E-state index contributed by atoms with van der Waals surface area (Å²) in [6, 6.07) is 1.87. The zero-order valence-corrected chi connectivity index (χ0v) is 9.70. The predicted molar refractivity (Wildman–Crippen MR) is 55.6 cm³/mol. The summed E-state index contributed by atoms with van der Waals surface area (Å²) in [7, 11) is 0. The summed E-state index contributed by atoms with van der Waals surface area (Å²) in [6.45, 7) is 6.36. The van der Waals surface area contributed by atoms with E-state index in [0.29, 0.717) is 5.02 Å². The average molecular weight is 249 g/mol. The molecular formula is C9H11BrClN. The van der Waals surface area contributed by atoms with Crippen molar-refractivity contribution in [3.63, 3.8) is 0 Å². The van der Waals surface area contributed by atoms with E-state index >= 15 is 0 Å². The fraction of sp³-hybridized carbons (Fsp3) is 0.444. The van der Waals surface area contributed by atoms with E-state index in [2.05, 4.69) is 41.7 Å². The molecule has 0 unspecified atom stereocenters. The molecule has 0 atom stereocenters. The smallest absolute Gasteiger partial charge is 0.0600 e. The first kappa shape index (κ1) is 10.0. The van der Waals surface area contributed by atoms with Crippen molar-refractivity contribution in [2.75, 3.05) is 0 Å². The Kier molecular flexibility index (Phi) is 2.79. The molecule has 0 fully saturated rings. The van der Waals surface area contributed by atoms with Crippen LogP contribution in [0.3, 0.4) is 0 Å². The number of hydrogen-bond donors (Lipinski definition) is 0. The van der Waals surface area contributed by atoms with Crippen molar-refractivity contribution in [2.45, 2.75) is 26.2 Å². The molecule has 1 aromatic rings. The highest BCUT2D eigenvalue weighted by Gasteiger charge is 2.18. The molecule has 1 nitrogen and oxygen atoms in total. The third-order valence-corrected chi connectivity index (χ3v) is 2.33. The summed E-state index contributed by atoms with van der Waals surface area (Å²) in [5.74, 6) is 0. The highest BCUT2D eigenvalue weighted by atomic mass is 79.9. The largest absolute Gasteiger partial charge is 0.258 e. The molecule has 1 heterocycles. The van der Waals surface area contributed by atoms with Gasteiger partial charge in [0.2, 0.25) is 0 Å². The van der Waals surface area contributed by atoms with E-state index < -0.39 is 0 Å². The maximum absolute atomic E-state index is 5.77. The molecule has 66 valence electrons. The Morgan fingerprint density at radius 2 is 2.00 bits per heavy atom. The second-order valence-corrected chi connectivity index (χ2v) is 5.02. The lowest BCUT2D eigenvalue weighted by atomic mass is 9.92. The Balaban J connectivity index is 3.19. The second-order valence-electron chi connectivity index (χ2n) is 3.73. The van der Waals surface area contributed by atoms with Crippen LogP contribution in [0.4, 0.5) is 0 Å². The zero-order chi connectivity index (χ0) is 9.35. The maximum atomic E-state index is 5.77. The Hall–Kier alpha value is -0.0800.